The minimum Gasteiger partial charge on any atom is -0.480 e. The zero-order valence-corrected chi connectivity index (χ0v) is 8.45. The lowest BCUT2D eigenvalue weighted by molar-refractivity contribution is -0.135. The summed E-state index contributed by atoms with van der Waals surface area (Å²) in [7, 11) is -3.68. The van der Waals surface area contributed by atoms with E-state index in [4.69, 9.17) is 10.00 Å². The van der Waals surface area contributed by atoms with Crippen LogP contribution in [0.5, 0.6) is 0 Å². The first kappa shape index (κ1) is 12.6. The predicted molar refractivity (Wildman–Crippen MR) is 46.6 cm³/mol. The number of hydrogen-bond acceptors (Lipinski definition) is 4. The summed E-state index contributed by atoms with van der Waals surface area (Å²) in [5, 5.41) is 10.5. The van der Waals surface area contributed by atoms with Gasteiger partial charge in [-0.3, -0.25) is 14.7 Å². The second kappa shape index (κ2) is 5.34. The zero-order chi connectivity index (χ0) is 10.5. The maximum Gasteiger partial charge on any atom is 0.342 e. The summed E-state index contributed by atoms with van der Waals surface area (Å²) in [6, 6.07) is 0. The Bertz CT molecular complexity index is 217. The molecule has 0 aromatic rings. The average molecular weight is 211 g/mol. The molecule has 0 rings (SSSR count). The van der Waals surface area contributed by atoms with Gasteiger partial charge in [-0.15, -0.1) is 0 Å². The minimum atomic E-state index is -3.68. The van der Waals surface area contributed by atoms with Crippen molar-refractivity contribution in [2.45, 2.75) is 20.0 Å². The second-order valence-corrected chi connectivity index (χ2v) is 4.57. The molecule has 0 aliphatic heterocycles. The quantitative estimate of drug-likeness (QED) is 0.544. The Morgan fingerprint density at radius 3 is 2.54 bits per heavy atom. The maximum absolute atomic E-state index is 11.1. The highest BCUT2D eigenvalue weighted by atomic mass is 31.2. The van der Waals surface area contributed by atoms with Gasteiger partial charge in [0.2, 0.25) is 0 Å². The van der Waals surface area contributed by atoms with E-state index in [2.05, 4.69) is 9.84 Å². The van der Waals surface area contributed by atoms with Crippen LogP contribution in [0.4, 0.5) is 0 Å². The molecule has 0 fully saturated rings. The zero-order valence-electron chi connectivity index (χ0n) is 7.56. The molecule has 0 aliphatic carbocycles. The van der Waals surface area contributed by atoms with Crippen molar-refractivity contribution in [2.75, 3.05) is 12.8 Å². The number of hydrogen-bond donors (Lipinski definition) is 3. The van der Waals surface area contributed by atoms with Crippen LogP contribution in [0.25, 0.3) is 0 Å². The van der Waals surface area contributed by atoms with E-state index in [9.17, 15) is 9.36 Å². The van der Waals surface area contributed by atoms with Crippen molar-refractivity contribution >= 4 is 13.6 Å². The Morgan fingerprint density at radius 2 is 2.15 bits per heavy atom. The lowest BCUT2D eigenvalue weighted by Gasteiger charge is -2.14. The van der Waals surface area contributed by atoms with E-state index in [1.54, 1.807) is 13.8 Å². The van der Waals surface area contributed by atoms with Crippen molar-refractivity contribution in [3.63, 3.8) is 0 Å². The van der Waals surface area contributed by atoms with E-state index in [1.807, 2.05) is 0 Å². The molecular weight excluding hydrogens is 197 g/mol. The van der Waals surface area contributed by atoms with Crippen LogP contribution in [0.2, 0.25) is 0 Å². The summed E-state index contributed by atoms with van der Waals surface area (Å²) >= 11 is 0. The average Bonchev–Trinajstić information content (AvgIpc) is 1.81. The molecule has 3 N–H and O–H groups in total. The highest BCUT2D eigenvalue weighted by Crippen LogP contribution is 2.41. The van der Waals surface area contributed by atoms with Crippen LogP contribution in [0.1, 0.15) is 13.8 Å². The topological polar surface area (TPSA) is 95.9 Å². The Morgan fingerprint density at radius 1 is 1.62 bits per heavy atom. The molecule has 13 heavy (non-hydrogen) atoms. The van der Waals surface area contributed by atoms with E-state index in [0.29, 0.717) is 0 Å². The summed E-state index contributed by atoms with van der Waals surface area (Å²) in [5.74, 6) is -1.08. The molecule has 78 valence electrons. The summed E-state index contributed by atoms with van der Waals surface area (Å²) in [6.45, 7) is 2.89. The van der Waals surface area contributed by atoms with Gasteiger partial charge in [0, 0.05) is 0 Å². The van der Waals surface area contributed by atoms with Crippen LogP contribution >= 0.6 is 7.60 Å². The normalized spacial score (nSPS) is 15.7. The highest BCUT2D eigenvalue weighted by Gasteiger charge is 2.20. The van der Waals surface area contributed by atoms with Gasteiger partial charge in [-0.05, 0) is 13.8 Å². The van der Waals surface area contributed by atoms with Crippen molar-refractivity contribution in [3.8, 4) is 0 Å². The van der Waals surface area contributed by atoms with Gasteiger partial charge in [0.1, 0.15) is 0 Å². The Kier molecular flexibility index (Phi) is 5.17. The van der Waals surface area contributed by atoms with Crippen LogP contribution in [0, 0.1) is 0 Å². The molecule has 0 radical (unpaired) electrons. The molecule has 0 amide bonds. The van der Waals surface area contributed by atoms with Gasteiger partial charge in [0.25, 0.3) is 0 Å². The molecule has 0 bridgehead atoms. The Hall–Kier alpha value is -0.420. The summed E-state index contributed by atoms with van der Waals surface area (Å²) in [4.78, 5) is 19.1. The third-order valence-electron chi connectivity index (χ3n) is 0.963. The molecule has 1 atom stereocenters. The van der Waals surface area contributed by atoms with Crippen LogP contribution in [0.3, 0.4) is 0 Å². The Balaban J connectivity index is 3.76. The fourth-order valence-electron chi connectivity index (χ4n) is 0.671. The molecule has 6 nitrogen and oxygen atoms in total. The summed E-state index contributed by atoms with van der Waals surface area (Å²) < 4.78 is 15.8. The van der Waals surface area contributed by atoms with Gasteiger partial charge >= 0.3 is 13.6 Å². The Labute approximate surface area is 76.4 Å². The number of carboxylic acids is 1. The fourth-order valence-corrected chi connectivity index (χ4v) is 1.80. The molecule has 7 heteroatoms. The molecule has 0 aliphatic rings. The fraction of sp³-hybridized carbons (Fsp3) is 0.833. The smallest absolute Gasteiger partial charge is 0.342 e. The van der Waals surface area contributed by atoms with Crippen molar-refractivity contribution in [1.82, 2.24) is 5.32 Å². The predicted octanol–water partition coefficient (Wildman–Crippen LogP) is 0.228. The van der Waals surface area contributed by atoms with Gasteiger partial charge in [0.05, 0.1) is 18.9 Å². The van der Waals surface area contributed by atoms with Crippen molar-refractivity contribution in [3.05, 3.63) is 0 Å². The van der Waals surface area contributed by atoms with Gasteiger partial charge < -0.3 is 14.5 Å². The first-order valence-corrected chi connectivity index (χ1v) is 5.52. The lowest BCUT2D eigenvalue weighted by atomic mass is 10.5. The van der Waals surface area contributed by atoms with Crippen LogP contribution in [-0.4, -0.2) is 34.9 Å². The van der Waals surface area contributed by atoms with E-state index in [1.165, 1.54) is 0 Å². The molecule has 0 saturated carbocycles. The first-order chi connectivity index (χ1) is 5.83. The largest absolute Gasteiger partial charge is 0.480 e. The highest BCUT2D eigenvalue weighted by molar-refractivity contribution is 7.52. The number of aliphatic carboxylic acids is 1. The monoisotopic (exact) mass is 211 g/mol. The van der Waals surface area contributed by atoms with Gasteiger partial charge in [-0.1, -0.05) is 0 Å². The van der Waals surface area contributed by atoms with Crippen molar-refractivity contribution in [1.29, 1.82) is 0 Å². The van der Waals surface area contributed by atoms with Crippen LogP contribution < -0.4 is 5.32 Å². The van der Waals surface area contributed by atoms with E-state index in [-0.39, 0.29) is 18.9 Å². The molecule has 0 heterocycles. The molecule has 0 spiro atoms. The number of carbonyl (C=O) groups is 1. The van der Waals surface area contributed by atoms with Crippen molar-refractivity contribution in [2.24, 2.45) is 0 Å². The summed E-state index contributed by atoms with van der Waals surface area (Å²) in [5.41, 5.74) is 0. The summed E-state index contributed by atoms with van der Waals surface area (Å²) in [6.07, 6.45) is -0.709. The molecule has 0 aromatic carbocycles. The molecule has 1 unspecified atom stereocenters. The van der Waals surface area contributed by atoms with E-state index >= 15 is 0 Å². The van der Waals surface area contributed by atoms with Gasteiger partial charge in [-0.25, -0.2) is 0 Å². The minimum absolute atomic E-state index is 0.350. The molecule has 0 aromatic heterocycles. The SMILES string of the molecule is CC(C)OP(=O)(O)CNCC(=O)O. The number of nitrogens with one attached hydrogen (secondary N) is 1. The third-order valence-corrected chi connectivity index (χ3v) is 2.34. The van der Waals surface area contributed by atoms with Gasteiger partial charge in [-0.2, -0.15) is 0 Å². The maximum atomic E-state index is 11.1. The molecule has 0 saturated heterocycles. The number of carboxylic acid groups (broad SMARTS) is 1. The van der Waals surface area contributed by atoms with E-state index < -0.39 is 13.6 Å². The third kappa shape index (κ3) is 7.93. The first-order valence-electron chi connectivity index (χ1n) is 3.76. The van der Waals surface area contributed by atoms with Gasteiger partial charge in [0.15, 0.2) is 0 Å². The van der Waals surface area contributed by atoms with Crippen LogP contribution in [-0.2, 0) is 13.9 Å². The van der Waals surface area contributed by atoms with Crippen molar-refractivity contribution < 1.29 is 23.9 Å². The van der Waals surface area contributed by atoms with Crippen LogP contribution in [0.15, 0.2) is 0 Å². The second-order valence-electron chi connectivity index (χ2n) is 2.77. The lowest BCUT2D eigenvalue weighted by Crippen LogP contribution is -2.24. The standard InChI is InChI=1S/C6H14NO5P/c1-5(2)12-13(10,11)4-7-3-6(8)9/h5,7H,3-4H2,1-2H3,(H,8,9)(H,10,11). The number of rotatable bonds is 6. The molecular formula is C6H14NO5P. The van der Waals surface area contributed by atoms with E-state index in [0.717, 1.165) is 0 Å².